The molecule has 1 aliphatic heterocycles. The molecule has 0 saturated heterocycles. The molecule has 0 N–H and O–H groups in total. The van der Waals surface area contributed by atoms with Gasteiger partial charge in [0, 0.05) is 25.5 Å². The van der Waals surface area contributed by atoms with E-state index >= 15 is 0 Å². The largest absolute Gasteiger partial charge is 0.463 e. The quantitative estimate of drug-likeness (QED) is 0.683. The molecule has 7 heteroatoms. The van der Waals surface area contributed by atoms with Crippen LogP contribution in [0.4, 0.5) is 5.69 Å². The molecule has 1 atom stereocenters. The minimum Gasteiger partial charge on any atom is -0.463 e. The van der Waals surface area contributed by atoms with Crippen molar-refractivity contribution < 1.29 is 9.53 Å². The van der Waals surface area contributed by atoms with Gasteiger partial charge in [0.2, 0.25) is 0 Å². The lowest BCUT2D eigenvalue weighted by Crippen LogP contribution is -2.35. The Bertz CT molecular complexity index is 1110. The zero-order valence-corrected chi connectivity index (χ0v) is 18.4. The molecule has 0 amide bonds. The van der Waals surface area contributed by atoms with Crippen LogP contribution in [0.2, 0.25) is 0 Å². The summed E-state index contributed by atoms with van der Waals surface area (Å²) >= 11 is 1.37. The van der Waals surface area contributed by atoms with Gasteiger partial charge in [0.25, 0.3) is 5.56 Å². The van der Waals surface area contributed by atoms with Crippen molar-refractivity contribution in [1.82, 2.24) is 4.57 Å². The summed E-state index contributed by atoms with van der Waals surface area (Å²) < 4.78 is 7.52. The third-order valence-corrected chi connectivity index (χ3v) is 5.92. The fraction of sp³-hybridized carbons (Fsp3) is 0.409. The van der Waals surface area contributed by atoms with E-state index in [9.17, 15) is 9.59 Å². The molecule has 0 bridgehead atoms. The molecule has 3 rings (SSSR count). The molecule has 0 saturated carbocycles. The number of unbranched alkanes of at least 4 members (excludes halogenated alkanes) is 1. The number of hydrogen-bond donors (Lipinski definition) is 0. The Balaban J connectivity index is 2.21. The van der Waals surface area contributed by atoms with E-state index in [0.29, 0.717) is 20.6 Å². The zero-order valence-electron chi connectivity index (χ0n) is 17.6. The molecule has 6 nitrogen and oxygen atoms in total. The van der Waals surface area contributed by atoms with Crippen LogP contribution in [0.1, 0.15) is 45.2 Å². The van der Waals surface area contributed by atoms with Crippen LogP contribution < -0.4 is 19.8 Å². The number of ether oxygens (including phenoxy) is 1. The highest BCUT2D eigenvalue weighted by molar-refractivity contribution is 7.07. The van der Waals surface area contributed by atoms with E-state index in [4.69, 9.17) is 9.73 Å². The number of hydrogen-bond acceptors (Lipinski definition) is 6. The Kier molecular flexibility index (Phi) is 6.37. The molecule has 0 radical (unpaired) electrons. The highest BCUT2D eigenvalue weighted by atomic mass is 32.1. The standard InChI is InChI=1S/C22H27N3O3S/c1-6-8-9-17-20(26)25-14(3)18(21(27)28-7-2)19(23-22(25)29-17)15-10-12-16(13-11-15)24(4)5/h9-13,19H,6-8H2,1-5H3/b17-9-/t19-/m0/s1. The van der Waals surface area contributed by atoms with Crippen molar-refractivity contribution in [2.24, 2.45) is 4.99 Å². The SMILES string of the molecule is CCC/C=c1\sc2n(c1=O)C(C)=C(C(=O)OCC)[C@H](c1ccc(N(C)C)cc1)N=2. The lowest BCUT2D eigenvalue weighted by molar-refractivity contribution is -0.138. The Morgan fingerprint density at radius 1 is 1.28 bits per heavy atom. The van der Waals surface area contributed by atoms with Crippen LogP contribution in [0.25, 0.3) is 11.8 Å². The lowest BCUT2D eigenvalue weighted by Gasteiger charge is -2.23. The van der Waals surface area contributed by atoms with Gasteiger partial charge < -0.3 is 9.64 Å². The summed E-state index contributed by atoms with van der Waals surface area (Å²) in [5, 5.41) is 0. The second-order valence-electron chi connectivity index (χ2n) is 7.12. The van der Waals surface area contributed by atoms with Crippen LogP contribution in [0.5, 0.6) is 0 Å². The van der Waals surface area contributed by atoms with Gasteiger partial charge in [0.15, 0.2) is 4.80 Å². The maximum atomic E-state index is 12.9. The second kappa shape index (κ2) is 8.78. The second-order valence-corrected chi connectivity index (χ2v) is 8.13. The maximum absolute atomic E-state index is 12.9. The van der Waals surface area contributed by atoms with E-state index in [0.717, 1.165) is 24.1 Å². The third kappa shape index (κ3) is 4.05. The van der Waals surface area contributed by atoms with Gasteiger partial charge in [-0.05, 0) is 38.0 Å². The molecule has 2 aromatic rings. The van der Waals surface area contributed by atoms with E-state index in [2.05, 4.69) is 6.92 Å². The molecular formula is C22H27N3O3S. The summed E-state index contributed by atoms with van der Waals surface area (Å²) in [5.41, 5.74) is 2.84. The average Bonchev–Trinajstić information content (AvgIpc) is 3.02. The molecule has 0 aliphatic carbocycles. The monoisotopic (exact) mass is 413 g/mol. The van der Waals surface area contributed by atoms with Gasteiger partial charge in [-0.3, -0.25) is 9.36 Å². The van der Waals surface area contributed by atoms with Crippen LogP contribution in [-0.4, -0.2) is 31.2 Å². The van der Waals surface area contributed by atoms with E-state index in [1.165, 1.54) is 11.3 Å². The first-order chi connectivity index (χ1) is 13.9. The molecule has 0 unspecified atom stereocenters. The van der Waals surface area contributed by atoms with E-state index in [1.807, 2.05) is 49.3 Å². The first-order valence-electron chi connectivity index (χ1n) is 9.84. The molecule has 0 fully saturated rings. The van der Waals surface area contributed by atoms with Crippen LogP contribution in [0.3, 0.4) is 0 Å². The number of carbonyl (C=O) groups excluding carboxylic acids is 1. The van der Waals surface area contributed by atoms with Crippen molar-refractivity contribution in [2.45, 2.75) is 39.7 Å². The normalized spacial score (nSPS) is 16.4. The highest BCUT2D eigenvalue weighted by Gasteiger charge is 2.31. The number of allylic oxidation sites excluding steroid dienone is 1. The minimum atomic E-state index is -0.498. The smallest absolute Gasteiger partial charge is 0.338 e. The van der Waals surface area contributed by atoms with Crippen LogP contribution in [-0.2, 0) is 9.53 Å². The van der Waals surface area contributed by atoms with Gasteiger partial charge >= 0.3 is 5.97 Å². The predicted molar refractivity (Wildman–Crippen MR) is 118 cm³/mol. The summed E-state index contributed by atoms with van der Waals surface area (Å²) in [7, 11) is 3.96. The number of benzene rings is 1. The van der Waals surface area contributed by atoms with Gasteiger partial charge in [0.1, 0.15) is 6.04 Å². The Morgan fingerprint density at radius 3 is 2.55 bits per heavy atom. The number of fused-ring (bicyclic) bond motifs is 1. The molecule has 2 heterocycles. The lowest BCUT2D eigenvalue weighted by atomic mass is 9.96. The van der Waals surface area contributed by atoms with Crippen molar-refractivity contribution in [3.8, 4) is 0 Å². The van der Waals surface area contributed by atoms with Crippen molar-refractivity contribution in [3.63, 3.8) is 0 Å². The van der Waals surface area contributed by atoms with Crippen molar-refractivity contribution in [2.75, 3.05) is 25.6 Å². The summed E-state index contributed by atoms with van der Waals surface area (Å²) in [4.78, 5) is 33.1. The average molecular weight is 414 g/mol. The molecule has 1 aromatic heterocycles. The van der Waals surface area contributed by atoms with Gasteiger partial charge in [-0.1, -0.05) is 42.9 Å². The Hall–Kier alpha value is -2.67. The summed E-state index contributed by atoms with van der Waals surface area (Å²) in [6, 6.07) is 7.45. The van der Waals surface area contributed by atoms with Gasteiger partial charge in [-0.25, -0.2) is 9.79 Å². The van der Waals surface area contributed by atoms with Crippen molar-refractivity contribution in [3.05, 3.63) is 55.1 Å². The summed E-state index contributed by atoms with van der Waals surface area (Å²) in [6.07, 6.45) is 3.75. The molecule has 0 spiro atoms. The predicted octanol–water partition coefficient (Wildman–Crippen LogP) is 2.73. The molecular weight excluding hydrogens is 386 g/mol. The number of carbonyl (C=O) groups is 1. The van der Waals surface area contributed by atoms with E-state index in [-0.39, 0.29) is 12.2 Å². The molecule has 154 valence electrons. The van der Waals surface area contributed by atoms with Crippen molar-refractivity contribution >= 4 is 34.8 Å². The van der Waals surface area contributed by atoms with E-state index < -0.39 is 12.0 Å². The topological polar surface area (TPSA) is 63.9 Å². The number of esters is 1. The maximum Gasteiger partial charge on any atom is 0.338 e. The molecule has 1 aliphatic rings. The minimum absolute atomic E-state index is 0.122. The molecule has 29 heavy (non-hydrogen) atoms. The van der Waals surface area contributed by atoms with Gasteiger partial charge in [-0.2, -0.15) is 0 Å². The van der Waals surface area contributed by atoms with E-state index in [1.54, 1.807) is 18.4 Å². The van der Waals surface area contributed by atoms with Crippen LogP contribution in [0.15, 0.2) is 39.6 Å². The van der Waals surface area contributed by atoms with Gasteiger partial charge in [-0.15, -0.1) is 0 Å². The number of nitrogens with zero attached hydrogens (tertiary/aromatic N) is 3. The molecule has 1 aromatic carbocycles. The number of anilines is 1. The summed E-state index contributed by atoms with van der Waals surface area (Å²) in [6.45, 7) is 5.91. The Labute approximate surface area is 174 Å². The van der Waals surface area contributed by atoms with Crippen LogP contribution in [0, 0.1) is 0 Å². The Morgan fingerprint density at radius 2 is 1.97 bits per heavy atom. The third-order valence-electron chi connectivity index (χ3n) is 4.88. The first-order valence-corrected chi connectivity index (χ1v) is 10.7. The summed E-state index contributed by atoms with van der Waals surface area (Å²) in [5.74, 6) is -0.432. The van der Waals surface area contributed by atoms with Crippen LogP contribution >= 0.6 is 11.3 Å². The number of rotatable bonds is 6. The fourth-order valence-corrected chi connectivity index (χ4v) is 4.37. The fourth-order valence-electron chi connectivity index (χ4n) is 3.33. The number of thiazole rings is 1. The number of aromatic nitrogens is 1. The highest BCUT2D eigenvalue weighted by Crippen LogP contribution is 2.33. The van der Waals surface area contributed by atoms with Crippen molar-refractivity contribution in [1.29, 1.82) is 0 Å². The zero-order chi connectivity index (χ0) is 21.1. The first kappa shape index (κ1) is 21.0. The van der Waals surface area contributed by atoms with Gasteiger partial charge in [0.05, 0.1) is 16.7 Å².